The second-order valence-corrected chi connectivity index (χ2v) is 8.71. The molecule has 0 bridgehead atoms. The molecule has 0 unspecified atom stereocenters. The van der Waals surface area contributed by atoms with E-state index in [-0.39, 0.29) is 5.91 Å². The van der Waals surface area contributed by atoms with Crippen LogP contribution in [0, 0.1) is 6.92 Å². The lowest BCUT2D eigenvalue weighted by atomic mass is 10.2. The summed E-state index contributed by atoms with van der Waals surface area (Å²) in [6.45, 7) is 3.93. The van der Waals surface area contributed by atoms with Gasteiger partial charge in [-0.05, 0) is 55.9 Å². The van der Waals surface area contributed by atoms with E-state index >= 15 is 0 Å². The van der Waals surface area contributed by atoms with E-state index in [2.05, 4.69) is 15.2 Å². The van der Waals surface area contributed by atoms with Gasteiger partial charge in [-0.2, -0.15) is 0 Å². The third-order valence-electron chi connectivity index (χ3n) is 4.60. The largest absolute Gasteiger partial charge is 0.356 e. The number of carbonyl (C=O) groups is 1. The number of carbonyl (C=O) groups excluding carboxylic acids is 1. The van der Waals surface area contributed by atoms with Crippen molar-refractivity contribution in [3.05, 3.63) is 39.7 Å². The molecule has 0 atom stereocenters. The number of hydrogen-bond acceptors (Lipinski definition) is 6. The predicted molar refractivity (Wildman–Crippen MR) is 115 cm³/mol. The molecule has 1 saturated heterocycles. The number of halogens is 1. The van der Waals surface area contributed by atoms with Gasteiger partial charge in [-0.25, -0.2) is 9.97 Å². The number of amides is 1. The van der Waals surface area contributed by atoms with Crippen LogP contribution in [-0.2, 0) is 0 Å². The highest BCUT2D eigenvalue weighted by Gasteiger charge is 2.21. The second-order valence-electron chi connectivity index (χ2n) is 6.47. The van der Waals surface area contributed by atoms with Crippen LogP contribution in [0.5, 0.6) is 0 Å². The number of rotatable bonds is 4. The lowest BCUT2D eigenvalue weighted by Crippen LogP contribution is -2.19. The van der Waals surface area contributed by atoms with Gasteiger partial charge in [0.1, 0.15) is 10.6 Å². The van der Waals surface area contributed by atoms with Gasteiger partial charge >= 0.3 is 0 Å². The summed E-state index contributed by atoms with van der Waals surface area (Å²) >= 11 is 8.93. The van der Waals surface area contributed by atoms with Crippen LogP contribution in [0.25, 0.3) is 10.2 Å². The molecule has 1 fully saturated rings. The first kappa shape index (κ1) is 18.5. The maximum atomic E-state index is 12.8. The number of aromatic nitrogens is 2. The average Bonchev–Trinajstić information content (AvgIpc) is 3.32. The Morgan fingerprint density at radius 1 is 1.26 bits per heavy atom. The summed E-state index contributed by atoms with van der Waals surface area (Å²) in [5.41, 5.74) is 1.69. The van der Waals surface area contributed by atoms with E-state index in [4.69, 9.17) is 16.6 Å². The predicted octanol–water partition coefficient (Wildman–Crippen LogP) is 5.23. The molecule has 0 aliphatic carbocycles. The van der Waals surface area contributed by atoms with Gasteiger partial charge in [0, 0.05) is 23.8 Å². The first-order valence-electron chi connectivity index (χ1n) is 8.73. The van der Waals surface area contributed by atoms with E-state index in [1.807, 2.05) is 31.4 Å². The number of thiophene rings is 1. The fraction of sp³-hybridized carbons (Fsp3) is 0.316. The topological polar surface area (TPSA) is 58.1 Å². The minimum atomic E-state index is -0.138. The zero-order valence-electron chi connectivity index (χ0n) is 15.1. The normalized spacial score (nSPS) is 14.1. The summed E-state index contributed by atoms with van der Waals surface area (Å²) in [7, 11) is 0. The molecule has 0 saturated carbocycles. The Labute approximate surface area is 171 Å². The number of benzene rings is 1. The standard InChI is InChI=1S/C19H19ClN4OS2/c1-11-9-12(20)5-6-14(11)21-17(25)15-10-13-16(24-7-3-4-8-24)22-19(26-2)23-18(13)27-15/h5-6,9-10H,3-4,7-8H2,1-2H3,(H,21,25). The molecule has 1 N–H and O–H groups in total. The molecule has 1 aliphatic rings. The molecule has 5 nitrogen and oxygen atoms in total. The fourth-order valence-corrected chi connectivity index (χ4v) is 4.78. The van der Waals surface area contributed by atoms with Crippen LogP contribution in [0.15, 0.2) is 29.4 Å². The summed E-state index contributed by atoms with van der Waals surface area (Å²) in [6, 6.07) is 7.35. The Morgan fingerprint density at radius 2 is 2.04 bits per heavy atom. The lowest BCUT2D eigenvalue weighted by molar-refractivity contribution is 0.103. The molecular formula is C19H19ClN4OS2. The zero-order valence-corrected chi connectivity index (χ0v) is 17.5. The molecule has 4 rings (SSSR count). The molecule has 3 aromatic rings. The highest BCUT2D eigenvalue weighted by molar-refractivity contribution is 7.98. The first-order chi connectivity index (χ1) is 13.0. The molecule has 1 aliphatic heterocycles. The van der Waals surface area contributed by atoms with E-state index in [0.717, 1.165) is 45.5 Å². The quantitative estimate of drug-likeness (QED) is 0.464. The van der Waals surface area contributed by atoms with Crippen molar-refractivity contribution in [2.24, 2.45) is 0 Å². The minimum absolute atomic E-state index is 0.138. The number of hydrogen-bond donors (Lipinski definition) is 1. The Kier molecular flexibility index (Phi) is 5.25. The van der Waals surface area contributed by atoms with Gasteiger partial charge in [0.15, 0.2) is 5.16 Å². The number of fused-ring (bicyclic) bond motifs is 1. The molecule has 27 heavy (non-hydrogen) atoms. The van der Waals surface area contributed by atoms with Crippen molar-refractivity contribution in [1.29, 1.82) is 0 Å². The molecular weight excluding hydrogens is 400 g/mol. The van der Waals surface area contributed by atoms with Crippen LogP contribution >= 0.6 is 34.7 Å². The van der Waals surface area contributed by atoms with Crippen molar-refractivity contribution >= 4 is 62.3 Å². The van der Waals surface area contributed by atoms with Crippen molar-refractivity contribution < 1.29 is 4.79 Å². The number of aryl methyl sites for hydroxylation is 1. The van der Waals surface area contributed by atoms with Crippen LogP contribution in [0.1, 0.15) is 28.1 Å². The van der Waals surface area contributed by atoms with Gasteiger partial charge in [-0.15, -0.1) is 11.3 Å². The van der Waals surface area contributed by atoms with Crippen LogP contribution < -0.4 is 10.2 Å². The third-order valence-corrected chi connectivity index (χ3v) is 6.41. The van der Waals surface area contributed by atoms with Gasteiger partial charge in [0.2, 0.25) is 0 Å². The van der Waals surface area contributed by atoms with Gasteiger partial charge < -0.3 is 10.2 Å². The minimum Gasteiger partial charge on any atom is -0.356 e. The number of anilines is 2. The Morgan fingerprint density at radius 3 is 2.74 bits per heavy atom. The highest BCUT2D eigenvalue weighted by atomic mass is 35.5. The number of nitrogens with one attached hydrogen (secondary N) is 1. The van der Waals surface area contributed by atoms with Gasteiger partial charge in [0.25, 0.3) is 5.91 Å². The Balaban J connectivity index is 1.69. The van der Waals surface area contributed by atoms with Crippen molar-refractivity contribution in [3.8, 4) is 0 Å². The highest BCUT2D eigenvalue weighted by Crippen LogP contribution is 2.34. The fourth-order valence-electron chi connectivity index (χ4n) is 3.21. The maximum Gasteiger partial charge on any atom is 0.265 e. The van der Waals surface area contributed by atoms with E-state index in [1.54, 1.807) is 6.07 Å². The number of thioether (sulfide) groups is 1. The summed E-state index contributed by atoms with van der Waals surface area (Å²) in [5, 5.41) is 5.33. The summed E-state index contributed by atoms with van der Waals surface area (Å²) < 4.78 is 0. The average molecular weight is 419 g/mol. The monoisotopic (exact) mass is 418 g/mol. The SMILES string of the molecule is CSc1nc(N2CCCC2)c2cc(C(=O)Nc3ccc(Cl)cc3C)sc2n1. The van der Waals surface area contributed by atoms with Crippen LogP contribution in [0.3, 0.4) is 0 Å². The summed E-state index contributed by atoms with van der Waals surface area (Å²) in [4.78, 5) is 25.9. The number of nitrogens with zero attached hydrogens (tertiary/aromatic N) is 3. The van der Waals surface area contributed by atoms with Crippen molar-refractivity contribution in [3.63, 3.8) is 0 Å². The Bertz CT molecular complexity index is 1010. The van der Waals surface area contributed by atoms with Crippen LogP contribution in [-0.4, -0.2) is 35.2 Å². The van der Waals surface area contributed by atoms with E-state index < -0.39 is 0 Å². The molecule has 1 amide bonds. The molecule has 0 spiro atoms. The van der Waals surface area contributed by atoms with Crippen LogP contribution in [0.2, 0.25) is 5.02 Å². The van der Waals surface area contributed by atoms with Crippen molar-refractivity contribution in [2.45, 2.75) is 24.9 Å². The molecule has 2 aromatic heterocycles. The van der Waals surface area contributed by atoms with Crippen LogP contribution in [0.4, 0.5) is 11.5 Å². The van der Waals surface area contributed by atoms with Gasteiger partial charge in [-0.3, -0.25) is 4.79 Å². The molecule has 1 aromatic carbocycles. The van der Waals surface area contributed by atoms with Gasteiger partial charge in [-0.1, -0.05) is 23.4 Å². The van der Waals surface area contributed by atoms with Crippen molar-refractivity contribution in [2.75, 3.05) is 29.6 Å². The Hall–Kier alpha value is -1.83. The van der Waals surface area contributed by atoms with E-state index in [9.17, 15) is 4.79 Å². The molecule has 3 heterocycles. The molecule has 140 valence electrons. The molecule has 8 heteroatoms. The second kappa shape index (κ2) is 7.66. The lowest BCUT2D eigenvalue weighted by Gasteiger charge is -2.17. The smallest absolute Gasteiger partial charge is 0.265 e. The third kappa shape index (κ3) is 3.77. The van der Waals surface area contributed by atoms with E-state index in [1.165, 1.54) is 35.9 Å². The van der Waals surface area contributed by atoms with Gasteiger partial charge in [0.05, 0.1) is 10.3 Å². The molecule has 0 radical (unpaired) electrons. The zero-order chi connectivity index (χ0) is 19.0. The summed E-state index contributed by atoms with van der Waals surface area (Å²) in [6.07, 6.45) is 4.32. The first-order valence-corrected chi connectivity index (χ1v) is 11.1. The summed E-state index contributed by atoms with van der Waals surface area (Å²) in [5.74, 6) is 0.807. The maximum absolute atomic E-state index is 12.8. The van der Waals surface area contributed by atoms with Crippen molar-refractivity contribution in [1.82, 2.24) is 9.97 Å². The van der Waals surface area contributed by atoms with E-state index in [0.29, 0.717) is 9.90 Å².